The van der Waals surface area contributed by atoms with E-state index in [2.05, 4.69) is 5.32 Å². The van der Waals surface area contributed by atoms with Gasteiger partial charge in [-0.1, -0.05) is 12.1 Å². The summed E-state index contributed by atoms with van der Waals surface area (Å²) in [4.78, 5) is 33.4. The van der Waals surface area contributed by atoms with Gasteiger partial charge < -0.3 is 10.4 Å². The van der Waals surface area contributed by atoms with Crippen LogP contribution in [0.4, 0.5) is 5.69 Å². The maximum atomic E-state index is 12.0. The van der Waals surface area contributed by atoms with Crippen LogP contribution in [-0.4, -0.2) is 22.8 Å². The van der Waals surface area contributed by atoms with Gasteiger partial charge in [-0.05, 0) is 25.0 Å². The van der Waals surface area contributed by atoms with Crippen LogP contribution in [0.5, 0.6) is 0 Å². The van der Waals surface area contributed by atoms with Crippen LogP contribution in [0, 0.1) is 0 Å². The number of ketones is 1. The highest BCUT2D eigenvalue weighted by molar-refractivity contribution is 6.04. The Morgan fingerprint density at radius 3 is 2.37 bits per heavy atom. The molecule has 19 heavy (non-hydrogen) atoms. The molecule has 0 fully saturated rings. The molecule has 0 aliphatic rings. The van der Waals surface area contributed by atoms with Crippen LogP contribution in [0.15, 0.2) is 24.3 Å². The smallest absolute Gasteiger partial charge is 0.303 e. The van der Waals surface area contributed by atoms with Crippen LogP contribution >= 0.6 is 0 Å². The first-order valence-corrected chi connectivity index (χ1v) is 6.12. The lowest BCUT2D eigenvalue weighted by Crippen LogP contribution is -2.11. The molecule has 0 heterocycles. The summed E-state index contributed by atoms with van der Waals surface area (Å²) >= 11 is 0. The Bertz CT molecular complexity index is 482. The van der Waals surface area contributed by atoms with E-state index < -0.39 is 5.97 Å². The van der Waals surface area contributed by atoms with Crippen molar-refractivity contribution in [2.45, 2.75) is 32.6 Å². The maximum absolute atomic E-state index is 12.0. The highest BCUT2D eigenvalue weighted by Gasteiger charge is 2.11. The van der Waals surface area contributed by atoms with Gasteiger partial charge in [0.05, 0.1) is 5.69 Å². The second kappa shape index (κ2) is 7.31. The third-order valence-electron chi connectivity index (χ3n) is 2.58. The van der Waals surface area contributed by atoms with Crippen molar-refractivity contribution in [1.82, 2.24) is 0 Å². The number of benzene rings is 1. The fourth-order valence-corrected chi connectivity index (χ4v) is 1.72. The number of hydrogen-bond acceptors (Lipinski definition) is 3. The third kappa shape index (κ3) is 5.33. The van der Waals surface area contributed by atoms with Crippen molar-refractivity contribution >= 4 is 23.3 Å². The highest BCUT2D eigenvalue weighted by Crippen LogP contribution is 2.18. The average molecular weight is 263 g/mol. The Morgan fingerprint density at radius 2 is 1.74 bits per heavy atom. The summed E-state index contributed by atoms with van der Waals surface area (Å²) in [5.41, 5.74) is 0.964. The predicted octanol–water partition coefficient (Wildman–Crippen LogP) is 2.47. The Balaban J connectivity index is 2.61. The molecule has 102 valence electrons. The maximum Gasteiger partial charge on any atom is 0.303 e. The van der Waals surface area contributed by atoms with Crippen LogP contribution in [0.1, 0.15) is 43.0 Å². The van der Waals surface area contributed by atoms with Gasteiger partial charge >= 0.3 is 5.97 Å². The molecular weight excluding hydrogens is 246 g/mol. The fraction of sp³-hybridized carbons (Fsp3) is 0.357. The van der Waals surface area contributed by atoms with Crippen LogP contribution in [0.2, 0.25) is 0 Å². The molecule has 1 aromatic carbocycles. The van der Waals surface area contributed by atoms with Crippen LogP contribution in [0.25, 0.3) is 0 Å². The van der Waals surface area contributed by atoms with Gasteiger partial charge in [-0.3, -0.25) is 14.4 Å². The molecule has 0 aliphatic carbocycles. The SMILES string of the molecule is CC(=O)Nc1ccccc1C(=O)CCCCC(=O)O. The number of para-hydroxylation sites is 1. The van der Waals surface area contributed by atoms with Gasteiger partial charge in [0, 0.05) is 25.3 Å². The molecule has 1 amide bonds. The van der Waals surface area contributed by atoms with E-state index in [4.69, 9.17) is 5.11 Å². The quantitative estimate of drug-likeness (QED) is 0.584. The normalized spacial score (nSPS) is 9.95. The predicted molar refractivity (Wildman–Crippen MR) is 71.2 cm³/mol. The number of rotatable bonds is 7. The standard InChI is InChI=1S/C14H17NO4/c1-10(16)15-12-7-3-2-6-11(12)13(17)8-4-5-9-14(18)19/h2-3,6-7H,4-5,8-9H2,1H3,(H,15,16)(H,18,19). The molecule has 0 aliphatic heterocycles. The number of carboxylic acid groups (broad SMARTS) is 1. The minimum Gasteiger partial charge on any atom is -0.481 e. The van der Waals surface area contributed by atoms with E-state index in [0.717, 1.165) is 0 Å². The molecule has 0 radical (unpaired) electrons. The average Bonchev–Trinajstić information content (AvgIpc) is 2.34. The summed E-state index contributed by atoms with van der Waals surface area (Å²) < 4.78 is 0. The molecule has 0 spiro atoms. The van der Waals surface area contributed by atoms with Gasteiger partial charge in [0.1, 0.15) is 0 Å². The Hall–Kier alpha value is -2.17. The van der Waals surface area contributed by atoms with Crippen molar-refractivity contribution in [3.63, 3.8) is 0 Å². The number of anilines is 1. The molecule has 0 saturated carbocycles. The minimum atomic E-state index is -0.855. The lowest BCUT2D eigenvalue weighted by molar-refractivity contribution is -0.137. The summed E-state index contributed by atoms with van der Waals surface area (Å²) in [5.74, 6) is -1.17. The Morgan fingerprint density at radius 1 is 1.11 bits per heavy atom. The first-order chi connectivity index (χ1) is 9.00. The van der Waals surface area contributed by atoms with Crippen molar-refractivity contribution in [2.24, 2.45) is 0 Å². The molecule has 0 unspecified atom stereocenters. The van der Waals surface area contributed by atoms with Crippen LogP contribution in [-0.2, 0) is 9.59 Å². The summed E-state index contributed by atoms with van der Waals surface area (Å²) in [6.07, 6.45) is 1.35. The van der Waals surface area contributed by atoms with Crippen molar-refractivity contribution in [2.75, 3.05) is 5.32 Å². The summed E-state index contributed by atoms with van der Waals surface area (Å²) in [7, 11) is 0. The number of unbranched alkanes of at least 4 members (excludes halogenated alkanes) is 1. The molecule has 0 aromatic heterocycles. The van der Waals surface area contributed by atoms with Gasteiger partial charge in [-0.2, -0.15) is 0 Å². The molecule has 5 nitrogen and oxygen atoms in total. The lowest BCUT2D eigenvalue weighted by Gasteiger charge is -2.08. The van der Waals surface area contributed by atoms with Crippen molar-refractivity contribution < 1.29 is 19.5 Å². The minimum absolute atomic E-state index is 0.0701. The first kappa shape index (κ1) is 14.9. The second-order valence-electron chi connectivity index (χ2n) is 4.25. The van der Waals surface area contributed by atoms with Crippen molar-refractivity contribution in [3.05, 3.63) is 29.8 Å². The molecule has 0 bridgehead atoms. The number of aliphatic carboxylic acids is 1. The summed E-state index contributed by atoms with van der Waals surface area (Å²) in [5, 5.41) is 11.1. The van der Waals surface area contributed by atoms with Crippen molar-refractivity contribution in [1.29, 1.82) is 0 Å². The molecule has 0 atom stereocenters. The first-order valence-electron chi connectivity index (χ1n) is 6.12. The molecule has 5 heteroatoms. The Kier molecular flexibility index (Phi) is 5.73. The zero-order valence-corrected chi connectivity index (χ0v) is 10.8. The van der Waals surface area contributed by atoms with E-state index in [-0.39, 0.29) is 24.5 Å². The zero-order valence-electron chi connectivity index (χ0n) is 10.8. The second-order valence-corrected chi connectivity index (χ2v) is 4.25. The van der Waals surface area contributed by atoms with Gasteiger partial charge in [-0.25, -0.2) is 0 Å². The largest absolute Gasteiger partial charge is 0.481 e. The topological polar surface area (TPSA) is 83.5 Å². The van der Waals surface area contributed by atoms with Gasteiger partial charge in [0.15, 0.2) is 5.78 Å². The van der Waals surface area contributed by atoms with E-state index in [1.165, 1.54) is 6.92 Å². The van der Waals surface area contributed by atoms with Gasteiger partial charge in [0.2, 0.25) is 5.91 Å². The van der Waals surface area contributed by atoms with Crippen LogP contribution < -0.4 is 5.32 Å². The van der Waals surface area contributed by atoms with E-state index >= 15 is 0 Å². The lowest BCUT2D eigenvalue weighted by atomic mass is 10.0. The van der Waals surface area contributed by atoms with E-state index in [9.17, 15) is 14.4 Å². The number of carbonyl (C=O) groups is 3. The monoisotopic (exact) mass is 263 g/mol. The van der Waals surface area contributed by atoms with Crippen LogP contribution in [0.3, 0.4) is 0 Å². The molecule has 0 saturated heterocycles. The van der Waals surface area contributed by atoms with E-state index in [0.29, 0.717) is 24.1 Å². The Labute approximate surface area is 111 Å². The highest BCUT2D eigenvalue weighted by atomic mass is 16.4. The summed E-state index contributed by atoms with van der Waals surface area (Å²) in [6, 6.07) is 6.80. The molecule has 2 N–H and O–H groups in total. The third-order valence-corrected chi connectivity index (χ3v) is 2.58. The summed E-state index contributed by atoms with van der Waals surface area (Å²) in [6.45, 7) is 1.38. The number of hydrogen-bond donors (Lipinski definition) is 2. The van der Waals surface area contributed by atoms with Gasteiger partial charge in [0.25, 0.3) is 0 Å². The number of carbonyl (C=O) groups excluding carboxylic acids is 2. The van der Waals surface area contributed by atoms with E-state index in [1.54, 1.807) is 24.3 Å². The number of carboxylic acids is 1. The number of nitrogens with one attached hydrogen (secondary N) is 1. The fourth-order valence-electron chi connectivity index (χ4n) is 1.72. The molecular formula is C14H17NO4. The van der Waals surface area contributed by atoms with Crippen molar-refractivity contribution in [3.8, 4) is 0 Å². The van der Waals surface area contributed by atoms with E-state index in [1.807, 2.05) is 0 Å². The number of amides is 1. The zero-order chi connectivity index (χ0) is 14.3. The molecule has 1 aromatic rings. The number of Topliss-reactive ketones (excluding diaryl/α,β-unsaturated/α-hetero) is 1. The molecule has 1 rings (SSSR count). The van der Waals surface area contributed by atoms with Gasteiger partial charge in [-0.15, -0.1) is 0 Å².